The molecule has 2 rings (SSSR count). The van der Waals surface area contributed by atoms with Crippen LogP contribution in [0, 0.1) is 5.92 Å². The van der Waals surface area contributed by atoms with Crippen LogP contribution in [-0.4, -0.2) is 19.9 Å². The van der Waals surface area contributed by atoms with E-state index in [-0.39, 0.29) is 10.0 Å². The van der Waals surface area contributed by atoms with Crippen molar-refractivity contribution in [1.82, 2.24) is 9.71 Å². The molecule has 1 aromatic heterocycles. The van der Waals surface area contributed by atoms with Gasteiger partial charge in [-0.3, -0.25) is 0 Å². The summed E-state index contributed by atoms with van der Waals surface area (Å²) in [6.07, 6.45) is 4.75. The lowest BCUT2D eigenvalue weighted by molar-refractivity contribution is 0.575. The Bertz CT molecular complexity index is 471. The second-order valence-corrected chi connectivity index (χ2v) is 6.10. The zero-order chi connectivity index (χ0) is 11.6. The van der Waals surface area contributed by atoms with Crippen LogP contribution in [0.4, 0.5) is 0 Å². The third-order valence-corrected chi connectivity index (χ3v) is 4.22. The molecule has 88 valence electrons. The Labute approximate surface area is 100 Å². The van der Waals surface area contributed by atoms with E-state index in [0.29, 0.717) is 12.5 Å². The normalized spacial score (nSPS) is 16.3. The fraction of sp³-hybridized carbons (Fsp3) is 0.500. The Hall–Kier alpha value is -0.650. The Morgan fingerprint density at radius 1 is 1.50 bits per heavy atom. The molecule has 0 radical (unpaired) electrons. The molecule has 0 atom stereocenters. The summed E-state index contributed by atoms with van der Waals surface area (Å²) in [5, 5.41) is 0.185. The summed E-state index contributed by atoms with van der Waals surface area (Å²) in [6, 6.07) is 2.78. The predicted molar refractivity (Wildman–Crippen MR) is 61.8 cm³/mol. The number of hydrogen-bond acceptors (Lipinski definition) is 3. The average molecular weight is 261 g/mol. The van der Waals surface area contributed by atoms with Gasteiger partial charge in [-0.05, 0) is 24.5 Å². The summed E-state index contributed by atoms with van der Waals surface area (Å²) >= 11 is 5.64. The fourth-order valence-electron chi connectivity index (χ4n) is 1.44. The van der Waals surface area contributed by atoms with Crippen molar-refractivity contribution >= 4 is 21.6 Å². The molecule has 4 nitrogen and oxygen atoms in total. The van der Waals surface area contributed by atoms with Crippen molar-refractivity contribution < 1.29 is 8.42 Å². The summed E-state index contributed by atoms with van der Waals surface area (Å²) < 4.78 is 26.1. The van der Waals surface area contributed by atoms with Crippen molar-refractivity contribution in [2.24, 2.45) is 5.92 Å². The van der Waals surface area contributed by atoms with Crippen molar-refractivity contribution in [3.63, 3.8) is 0 Å². The minimum atomic E-state index is -3.43. The van der Waals surface area contributed by atoms with E-state index in [0.717, 1.165) is 6.42 Å². The van der Waals surface area contributed by atoms with E-state index in [1.165, 1.54) is 31.2 Å². The van der Waals surface area contributed by atoms with Crippen LogP contribution in [0.3, 0.4) is 0 Å². The quantitative estimate of drug-likeness (QED) is 0.822. The number of hydrogen-bond donors (Lipinski definition) is 1. The Kier molecular flexibility index (Phi) is 3.47. The maximum absolute atomic E-state index is 11.8. The summed E-state index contributed by atoms with van der Waals surface area (Å²) in [7, 11) is -3.43. The van der Waals surface area contributed by atoms with E-state index in [2.05, 4.69) is 9.71 Å². The molecule has 1 N–H and O–H groups in total. The van der Waals surface area contributed by atoms with E-state index in [1.807, 2.05) is 0 Å². The molecule has 1 aromatic rings. The average Bonchev–Trinajstić information content (AvgIpc) is 3.01. The number of pyridine rings is 1. The molecule has 6 heteroatoms. The topological polar surface area (TPSA) is 59.1 Å². The molecule has 0 saturated heterocycles. The SMILES string of the molecule is O=S(=O)(NCCC1CC1)c1ccnc(Cl)c1. The second-order valence-electron chi connectivity index (χ2n) is 3.94. The third-order valence-electron chi connectivity index (χ3n) is 2.55. The highest BCUT2D eigenvalue weighted by atomic mass is 35.5. The molecule has 0 bridgehead atoms. The second kappa shape index (κ2) is 4.69. The summed E-state index contributed by atoms with van der Waals surface area (Å²) in [5.41, 5.74) is 0. The van der Waals surface area contributed by atoms with E-state index in [9.17, 15) is 8.42 Å². The minimum Gasteiger partial charge on any atom is -0.244 e. The van der Waals surface area contributed by atoms with Gasteiger partial charge in [0.1, 0.15) is 5.15 Å². The van der Waals surface area contributed by atoms with Crippen LogP contribution in [0.2, 0.25) is 5.15 Å². The molecule has 0 spiro atoms. The molecule has 0 unspecified atom stereocenters. The van der Waals surface area contributed by atoms with Crippen LogP contribution < -0.4 is 4.72 Å². The van der Waals surface area contributed by atoms with E-state index in [1.54, 1.807) is 0 Å². The van der Waals surface area contributed by atoms with Gasteiger partial charge in [0.2, 0.25) is 10.0 Å². The van der Waals surface area contributed by atoms with Crippen molar-refractivity contribution in [1.29, 1.82) is 0 Å². The first-order valence-electron chi connectivity index (χ1n) is 5.19. The lowest BCUT2D eigenvalue weighted by Crippen LogP contribution is -2.25. The van der Waals surface area contributed by atoms with Crippen LogP contribution >= 0.6 is 11.6 Å². The Balaban J connectivity index is 1.99. The number of halogens is 1. The van der Waals surface area contributed by atoms with Gasteiger partial charge < -0.3 is 0 Å². The highest BCUT2D eigenvalue weighted by Crippen LogP contribution is 2.31. The van der Waals surface area contributed by atoms with Crippen molar-refractivity contribution in [2.75, 3.05) is 6.54 Å². The zero-order valence-electron chi connectivity index (χ0n) is 8.69. The molecule has 1 saturated carbocycles. The van der Waals surface area contributed by atoms with Gasteiger partial charge in [-0.1, -0.05) is 24.4 Å². The standard InChI is InChI=1S/C10H13ClN2O2S/c11-10-7-9(4-5-12-10)16(14,15)13-6-3-8-1-2-8/h4-5,7-8,13H,1-3,6H2. The lowest BCUT2D eigenvalue weighted by Gasteiger charge is -2.05. The predicted octanol–water partition coefficient (Wildman–Crippen LogP) is 1.81. The highest BCUT2D eigenvalue weighted by molar-refractivity contribution is 7.89. The first-order chi connectivity index (χ1) is 7.58. The smallest absolute Gasteiger partial charge is 0.240 e. The molecule has 1 aliphatic carbocycles. The van der Waals surface area contributed by atoms with Gasteiger partial charge in [0.25, 0.3) is 0 Å². The molecular formula is C10H13ClN2O2S. The van der Waals surface area contributed by atoms with Gasteiger partial charge in [-0.25, -0.2) is 18.1 Å². The van der Waals surface area contributed by atoms with Crippen LogP contribution in [0.25, 0.3) is 0 Å². The van der Waals surface area contributed by atoms with Gasteiger partial charge >= 0.3 is 0 Å². The van der Waals surface area contributed by atoms with Crippen molar-refractivity contribution in [3.8, 4) is 0 Å². The zero-order valence-corrected chi connectivity index (χ0v) is 10.3. The third kappa shape index (κ3) is 3.17. The number of rotatable bonds is 5. The number of nitrogens with zero attached hydrogens (tertiary/aromatic N) is 1. The van der Waals surface area contributed by atoms with E-state index < -0.39 is 10.0 Å². The number of nitrogens with one attached hydrogen (secondary N) is 1. The molecule has 1 aliphatic rings. The molecule has 1 fully saturated rings. The minimum absolute atomic E-state index is 0.170. The Morgan fingerprint density at radius 3 is 2.88 bits per heavy atom. The first-order valence-corrected chi connectivity index (χ1v) is 7.05. The van der Waals surface area contributed by atoms with Crippen molar-refractivity contribution in [3.05, 3.63) is 23.5 Å². The Morgan fingerprint density at radius 2 is 2.25 bits per heavy atom. The van der Waals surface area contributed by atoms with Gasteiger partial charge in [-0.2, -0.15) is 0 Å². The van der Waals surface area contributed by atoms with Gasteiger partial charge in [0, 0.05) is 12.7 Å². The molecule has 16 heavy (non-hydrogen) atoms. The van der Waals surface area contributed by atoms with E-state index in [4.69, 9.17) is 11.6 Å². The van der Waals surface area contributed by atoms with Gasteiger partial charge in [-0.15, -0.1) is 0 Å². The number of aromatic nitrogens is 1. The van der Waals surface area contributed by atoms with Crippen LogP contribution in [0.15, 0.2) is 23.2 Å². The monoisotopic (exact) mass is 260 g/mol. The summed E-state index contributed by atoms with van der Waals surface area (Å²) in [4.78, 5) is 3.91. The van der Waals surface area contributed by atoms with Crippen LogP contribution in [0.1, 0.15) is 19.3 Å². The summed E-state index contributed by atoms with van der Waals surface area (Å²) in [5.74, 6) is 0.712. The van der Waals surface area contributed by atoms with Gasteiger partial charge in [0.15, 0.2) is 0 Å². The van der Waals surface area contributed by atoms with E-state index >= 15 is 0 Å². The first kappa shape index (κ1) is 11.8. The fourth-order valence-corrected chi connectivity index (χ4v) is 2.74. The van der Waals surface area contributed by atoms with Crippen molar-refractivity contribution in [2.45, 2.75) is 24.2 Å². The van der Waals surface area contributed by atoms with Crippen LogP contribution in [0.5, 0.6) is 0 Å². The highest BCUT2D eigenvalue weighted by Gasteiger charge is 2.22. The number of sulfonamides is 1. The molecule has 0 aliphatic heterocycles. The van der Waals surface area contributed by atoms with Crippen LogP contribution in [-0.2, 0) is 10.0 Å². The molecule has 0 amide bonds. The lowest BCUT2D eigenvalue weighted by atomic mass is 10.3. The largest absolute Gasteiger partial charge is 0.244 e. The molecular weight excluding hydrogens is 248 g/mol. The summed E-state index contributed by atoms with van der Waals surface area (Å²) in [6.45, 7) is 0.493. The molecule has 1 heterocycles. The van der Waals surface area contributed by atoms with Gasteiger partial charge in [0.05, 0.1) is 4.90 Å². The maximum atomic E-state index is 11.8. The maximum Gasteiger partial charge on any atom is 0.240 e. The molecule has 0 aromatic carbocycles.